The molecule has 0 fully saturated rings. The summed E-state index contributed by atoms with van der Waals surface area (Å²) < 4.78 is 2.23. The van der Waals surface area contributed by atoms with Crippen LogP contribution in [0.4, 0.5) is 0 Å². The monoisotopic (exact) mass is 162 g/mol. The highest BCUT2D eigenvalue weighted by atomic mass is 15.1. The number of fused-ring (bicyclic) bond motifs is 1. The van der Waals surface area contributed by atoms with Gasteiger partial charge in [0.1, 0.15) is 5.82 Å². The van der Waals surface area contributed by atoms with Crippen molar-refractivity contribution in [1.29, 1.82) is 0 Å². The molecule has 0 N–H and O–H groups in total. The summed E-state index contributed by atoms with van der Waals surface area (Å²) in [5.74, 6) is 1.75. The Balaban J connectivity index is 2.43. The molecule has 2 nitrogen and oxygen atoms in total. The Morgan fingerprint density at radius 2 is 2.33 bits per heavy atom. The molecule has 0 saturated heterocycles. The summed E-state index contributed by atoms with van der Waals surface area (Å²) in [6.45, 7) is 5.53. The molecule has 0 amide bonds. The molecular formula is C10H14N2. The van der Waals surface area contributed by atoms with E-state index in [0.29, 0.717) is 5.92 Å². The molecule has 0 bridgehead atoms. The number of imidazole rings is 1. The van der Waals surface area contributed by atoms with Gasteiger partial charge < -0.3 is 4.57 Å². The molecule has 0 aromatic carbocycles. The third kappa shape index (κ3) is 1.07. The topological polar surface area (TPSA) is 17.8 Å². The van der Waals surface area contributed by atoms with Gasteiger partial charge in [0.05, 0.1) is 0 Å². The van der Waals surface area contributed by atoms with Crippen molar-refractivity contribution in [2.24, 2.45) is 5.92 Å². The van der Waals surface area contributed by atoms with Crippen LogP contribution < -0.4 is 0 Å². The minimum atomic E-state index is 0.589. The lowest BCUT2D eigenvalue weighted by atomic mass is 9.99. The standard InChI is InChI=1S/C10H14N2/c1-8(2)9-4-3-6-12-7-5-11-10(9)12/h4-5,7-8H,3,6H2,1-2H3. The fourth-order valence-corrected chi connectivity index (χ4v) is 1.69. The molecule has 2 rings (SSSR count). The van der Waals surface area contributed by atoms with Gasteiger partial charge in [0.15, 0.2) is 0 Å². The number of aryl methyl sites for hydroxylation is 1. The van der Waals surface area contributed by atoms with Gasteiger partial charge >= 0.3 is 0 Å². The molecular weight excluding hydrogens is 148 g/mol. The average molecular weight is 162 g/mol. The summed E-state index contributed by atoms with van der Waals surface area (Å²) in [6, 6.07) is 0. The molecule has 0 unspecified atom stereocenters. The lowest BCUT2D eigenvalue weighted by Crippen LogP contribution is -2.10. The Morgan fingerprint density at radius 1 is 1.50 bits per heavy atom. The van der Waals surface area contributed by atoms with Gasteiger partial charge in [-0.2, -0.15) is 0 Å². The molecule has 0 aliphatic carbocycles. The summed E-state index contributed by atoms with van der Waals surface area (Å²) in [5, 5.41) is 0. The van der Waals surface area contributed by atoms with Crippen molar-refractivity contribution in [3.63, 3.8) is 0 Å². The third-order valence-corrected chi connectivity index (χ3v) is 2.33. The van der Waals surface area contributed by atoms with E-state index in [0.717, 1.165) is 18.8 Å². The number of hydrogen-bond acceptors (Lipinski definition) is 1. The van der Waals surface area contributed by atoms with E-state index in [4.69, 9.17) is 0 Å². The predicted molar refractivity (Wildman–Crippen MR) is 49.7 cm³/mol. The highest BCUT2D eigenvalue weighted by Crippen LogP contribution is 2.25. The van der Waals surface area contributed by atoms with E-state index < -0.39 is 0 Å². The summed E-state index contributed by atoms with van der Waals surface area (Å²) in [4.78, 5) is 4.35. The van der Waals surface area contributed by atoms with Gasteiger partial charge in [-0.15, -0.1) is 0 Å². The van der Waals surface area contributed by atoms with Crippen molar-refractivity contribution in [1.82, 2.24) is 9.55 Å². The first-order chi connectivity index (χ1) is 5.79. The molecule has 1 aromatic rings. The van der Waals surface area contributed by atoms with Gasteiger partial charge in [-0.1, -0.05) is 19.9 Å². The van der Waals surface area contributed by atoms with Crippen LogP contribution in [0.3, 0.4) is 0 Å². The maximum absolute atomic E-state index is 4.35. The molecule has 0 saturated carbocycles. The van der Waals surface area contributed by atoms with Crippen molar-refractivity contribution >= 4 is 5.57 Å². The maximum atomic E-state index is 4.35. The van der Waals surface area contributed by atoms with Gasteiger partial charge in [-0.3, -0.25) is 0 Å². The van der Waals surface area contributed by atoms with Gasteiger partial charge in [-0.05, 0) is 17.9 Å². The Hall–Kier alpha value is -1.05. The van der Waals surface area contributed by atoms with E-state index in [1.54, 1.807) is 0 Å². The SMILES string of the molecule is CC(C)C1=CCCn2ccnc21. The molecule has 2 heteroatoms. The quantitative estimate of drug-likeness (QED) is 0.619. The Morgan fingerprint density at radius 3 is 3.08 bits per heavy atom. The molecule has 1 aromatic heterocycles. The first-order valence-corrected chi connectivity index (χ1v) is 4.50. The Kier molecular flexibility index (Phi) is 1.75. The summed E-state index contributed by atoms with van der Waals surface area (Å²) in [5.41, 5.74) is 1.39. The van der Waals surface area contributed by atoms with Gasteiger partial charge in [0, 0.05) is 18.9 Å². The minimum Gasteiger partial charge on any atom is -0.331 e. The Labute approximate surface area is 72.9 Å². The predicted octanol–water partition coefficient (Wildman–Crippen LogP) is 2.33. The van der Waals surface area contributed by atoms with E-state index in [-0.39, 0.29) is 0 Å². The highest BCUT2D eigenvalue weighted by Gasteiger charge is 2.14. The molecule has 2 heterocycles. The van der Waals surface area contributed by atoms with Crippen LogP contribution in [0.1, 0.15) is 26.1 Å². The Bertz CT molecular complexity index is 307. The summed E-state index contributed by atoms with van der Waals surface area (Å²) in [6.07, 6.45) is 7.41. The van der Waals surface area contributed by atoms with E-state index >= 15 is 0 Å². The van der Waals surface area contributed by atoms with Crippen LogP contribution in [0, 0.1) is 5.92 Å². The fourth-order valence-electron chi connectivity index (χ4n) is 1.69. The zero-order valence-electron chi connectivity index (χ0n) is 7.62. The van der Waals surface area contributed by atoms with Crippen LogP contribution in [0.25, 0.3) is 5.57 Å². The second-order valence-electron chi connectivity index (χ2n) is 3.55. The normalized spacial score (nSPS) is 16.1. The molecule has 1 aliphatic heterocycles. The maximum Gasteiger partial charge on any atom is 0.135 e. The van der Waals surface area contributed by atoms with Crippen molar-refractivity contribution in [3.05, 3.63) is 24.3 Å². The van der Waals surface area contributed by atoms with Gasteiger partial charge in [0.2, 0.25) is 0 Å². The second kappa shape index (κ2) is 2.77. The molecule has 0 spiro atoms. The zero-order chi connectivity index (χ0) is 8.55. The zero-order valence-corrected chi connectivity index (χ0v) is 7.62. The first kappa shape index (κ1) is 7.59. The van der Waals surface area contributed by atoms with Crippen LogP contribution in [-0.4, -0.2) is 9.55 Å². The van der Waals surface area contributed by atoms with Crippen LogP contribution in [-0.2, 0) is 6.54 Å². The smallest absolute Gasteiger partial charge is 0.135 e. The van der Waals surface area contributed by atoms with Crippen molar-refractivity contribution < 1.29 is 0 Å². The average Bonchev–Trinajstić information content (AvgIpc) is 2.49. The lowest BCUT2D eigenvalue weighted by molar-refractivity contribution is 0.662. The summed E-state index contributed by atoms with van der Waals surface area (Å²) >= 11 is 0. The number of hydrogen-bond donors (Lipinski definition) is 0. The fraction of sp³-hybridized carbons (Fsp3) is 0.500. The van der Waals surface area contributed by atoms with Crippen molar-refractivity contribution in [2.75, 3.05) is 0 Å². The molecule has 12 heavy (non-hydrogen) atoms. The number of allylic oxidation sites excluding steroid dienone is 2. The van der Waals surface area contributed by atoms with Crippen LogP contribution in [0.15, 0.2) is 18.5 Å². The van der Waals surface area contributed by atoms with Crippen LogP contribution >= 0.6 is 0 Å². The molecule has 64 valence electrons. The largest absolute Gasteiger partial charge is 0.331 e. The molecule has 1 aliphatic rings. The van der Waals surface area contributed by atoms with Crippen molar-refractivity contribution in [3.8, 4) is 0 Å². The highest BCUT2D eigenvalue weighted by molar-refractivity contribution is 5.62. The van der Waals surface area contributed by atoms with Gasteiger partial charge in [0.25, 0.3) is 0 Å². The van der Waals surface area contributed by atoms with E-state index in [2.05, 4.69) is 35.7 Å². The lowest BCUT2D eigenvalue weighted by Gasteiger charge is -2.17. The molecule has 0 radical (unpaired) electrons. The van der Waals surface area contributed by atoms with Crippen LogP contribution in [0.5, 0.6) is 0 Å². The number of nitrogens with zero attached hydrogens (tertiary/aromatic N) is 2. The first-order valence-electron chi connectivity index (χ1n) is 4.50. The van der Waals surface area contributed by atoms with Crippen molar-refractivity contribution in [2.45, 2.75) is 26.8 Å². The number of rotatable bonds is 1. The number of aromatic nitrogens is 2. The van der Waals surface area contributed by atoms with E-state index in [1.807, 2.05) is 6.20 Å². The second-order valence-corrected chi connectivity index (χ2v) is 3.55. The van der Waals surface area contributed by atoms with E-state index in [9.17, 15) is 0 Å². The van der Waals surface area contributed by atoms with E-state index in [1.165, 1.54) is 5.57 Å². The van der Waals surface area contributed by atoms with Gasteiger partial charge in [-0.25, -0.2) is 4.98 Å². The van der Waals surface area contributed by atoms with Crippen LogP contribution in [0.2, 0.25) is 0 Å². The summed E-state index contributed by atoms with van der Waals surface area (Å²) in [7, 11) is 0. The third-order valence-electron chi connectivity index (χ3n) is 2.33. The molecule has 0 atom stereocenters. The minimum absolute atomic E-state index is 0.589.